The summed E-state index contributed by atoms with van der Waals surface area (Å²) >= 11 is 5.97. The van der Waals surface area contributed by atoms with Crippen LogP contribution in [0.1, 0.15) is 5.56 Å². The second-order valence-electron chi connectivity index (χ2n) is 4.45. The molecule has 0 saturated carbocycles. The van der Waals surface area contributed by atoms with Gasteiger partial charge in [-0.1, -0.05) is 29.8 Å². The number of nitrogens with two attached hydrogens (primary N) is 1. The summed E-state index contributed by atoms with van der Waals surface area (Å²) < 4.78 is 19.0. The molecule has 0 radical (unpaired) electrons. The summed E-state index contributed by atoms with van der Waals surface area (Å²) in [4.78, 5) is 4.32. The molecule has 0 aliphatic heterocycles. The molecule has 1 aromatic heterocycles. The molecular formula is C15H12ClFN2O. The van der Waals surface area contributed by atoms with Crippen LogP contribution < -0.4 is 5.73 Å². The Hall–Kier alpha value is -1.91. The van der Waals surface area contributed by atoms with Gasteiger partial charge in [-0.2, -0.15) is 0 Å². The van der Waals surface area contributed by atoms with Crippen molar-refractivity contribution in [1.82, 2.24) is 4.98 Å². The van der Waals surface area contributed by atoms with E-state index in [0.717, 1.165) is 17.5 Å². The Bertz CT molecular complexity index is 770. The van der Waals surface area contributed by atoms with E-state index >= 15 is 0 Å². The normalized spacial score (nSPS) is 11.2. The predicted octanol–water partition coefficient (Wildman–Crippen LogP) is 3.79. The van der Waals surface area contributed by atoms with Gasteiger partial charge in [0.1, 0.15) is 11.3 Å². The van der Waals surface area contributed by atoms with Crippen molar-refractivity contribution in [3.8, 4) is 11.5 Å². The van der Waals surface area contributed by atoms with E-state index < -0.39 is 5.82 Å². The van der Waals surface area contributed by atoms with Gasteiger partial charge >= 0.3 is 0 Å². The van der Waals surface area contributed by atoms with Crippen LogP contribution in [-0.2, 0) is 6.42 Å². The van der Waals surface area contributed by atoms with Crippen molar-refractivity contribution >= 4 is 22.7 Å². The Kier molecular flexibility index (Phi) is 3.42. The number of rotatable bonds is 3. The number of benzene rings is 2. The molecule has 2 aromatic carbocycles. The van der Waals surface area contributed by atoms with E-state index in [4.69, 9.17) is 21.8 Å². The van der Waals surface area contributed by atoms with Crippen LogP contribution in [0, 0.1) is 5.82 Å². The predicted molar refractivity (Wildman–Crippen MR) is 77.2 cm³/mol. The minimum atomic E-state index is -0.433. The Labute approximate surface area is 120 Å². The molecule has 0 fully saturated rings. The molecule has 0 aliphatic rings. The Balaban J connectivity index is 2.18. The van der Waals surface area contributed by atoms with E-state index in [1.807, 2.05) is 24.3 Å². The lowest BCUT2D eigenvalue weighted by atomic mass is 10.0. The molecule has 1 heterocycles. The van der Waals surface area contributed by atoms with Crippen molar-refractivity contribution in [2.45, 2.75) is 6.42 Å². The average molecular weight is 291 g/mol. The van der Waals surface area contributed by atoms with Crippen molar-refractivity contribution in [2.75, 3.05) is 6.54 Å². The molecule has 102 valence electrons. The first-order valence-corrected chi connectivity index (χ1v) is 6.61. The molecule has 0 aliphatic carbocycles. The molecule has 2 N–H and O–H groups in total. The molecule has 3 aromatic rings. The molecule has 0 unspecified atom stereocenters. The van der Waals surface area contributed by atoms with E-state index in [-0.39, 0.29) is 5.02 Å². The van der Waals surface area contributed by atoms with Gasteiger partial charge in [-0.05, 0) is 30.7 Å². The van der Waals surface area contributed by atoms with Crippen LogP contribution in [0.4, 0.5) is 4.39 Å². The third-order valence-electron chi connectivity index (χ3n) is 3.07. The molecule has 0 saturated heterocycles. The number of fused-ring (bicyclic) bond motifs is 1. The lowest BCUT2D eigenvalue weighted by Crippen LogP contribution is -2.03. The molecule has 3 rings (SSSR count). The van der Waals surface area contributed by atoms with Crippen LogP contribution in [0.25, 0.3) is 22.6 Å². The van der Waals surface area contributed by atoms with Gasteiger partial charge in [-0.15, -0.1) is 0 Å². The topological polar surface area (TPSA) is 52.0 Å². The van der Waals surface area contributed by atoms with E-state index in [0.29, 0.717) is 23.5 Å². The first-order valence-electron chi connectivity index (χ1n) is 6.23. The average Bonchev–Trinajstić information content (AvgIpc) is 2.83. The molecule has 20 heavy (non-hydrogen) atoms. The largest absolute Gasteiger partial charge is 0.434 e. The van der Waals surface area contributed by atoms with Gasteiger partial charge in [0.2, 0.25) is 5.89 Å². The van der Waals surface area contributed by atoms with Crippen molar-refractivity contribution < 1.29 is 8.81 Å². The number of nitrogens with zero attached hydrogens (tertiary/aromatic N) is 1. The van der Waals surface area contributed by atoms with Gasteiger partial charge in [-0.3, -0.25) is 0 Å². The summed E-state index contributed by atoms with van der Waals surface area (Å²) in [5.41, 5.74) is 8.30. The summed E-state index contributed by atoms with van der Waals surface area (Å²) in [5.74, 6) is -0.00542. The van der Waals surface area contributed by atoms with Crippen LogP contribution in [0.3, 0.4) is 0 Å². The quantitative estimate of drug-likeness (QED) is 0.798. The summed E-state index contributed by atoms with van der Waals surface area (Å²) in [7, 11) is 0. The second-order valence-corrected chi connectivity index (χ2v) is 4.86. The third-order valence-corrected chi connectivity index (χ3v) is 3.35. The first-order chi connectivity index (χ1) is 9.69. The van der Waals surface area contributed by atoms with Crippen molar-refractivity contribution in [3.05, 3.63) is 52.8 Å². The van der Waals surface area contributed by atoms with E-state index in [2.05, 4.69) is 4.98 Å². The molecule has 5 heteroatoms. The van der Waals surface area contributed by atoms with Crippen molar-refractivity contribution in [2.24, 2.45) is 5.73 Å². The minimum Gasteiger partial charge on any atom is -0.434 e. The molecule has 0 spiro atoms. The highest BCUT2D eigenvalue weighted by Gasteiger charge is 2.14. The Morgan fingerprint density at radius 1 is 1.25 bits per heavy atom. The fourth-order valence-electron chi connectivity index (χ4n) is 2.18. The van der Waals surface area contributed by atoms with Gasteiger partial charge in [0.15, 0.2) is 5.58 Å². The molecule has 0 bridgehead atoms. The zero-order valence-corrected chi connectivity index (χ0v) is 11.3. The number of aromatic nitrogens is 1. The van der Waals surface area contributed by atoms with E-state index in [9.17, 15) is 4.39 Å². The maximum Gasteiger partial charge on any atom is 0.227 e. The van der Waals surface area contributed by atoms with Gasteiger partial charge in [-0.25, -0.2) is 9.37 Å². The van der Waals surface area contributed by atoms with E-state index in [1.54, 1.807) is 0 Å². The molecule has 3 nitrogen and oxygen atoms in total. The standard InChI is InChI=1S/C15H12ClFN2O/c16-12-7-10(17)8-13-14(12)20-15(19-13)11-4-2-1-3-9(11)5-6-18/h1-4,7-8H,5-6,18H2. The summed E-state index contributed by atoms with van der Waals surface area (Å²) in [6.07, 6.45) is 0.719. The van der Waals surface area contributed by atoms with Gasteiger partial charge in [0, 0.05) is 11.6 Å². The fraction of sp³-hybridized carbons (Fsp3) is 0.133. The van der Waals surface area contributed by atoms with Crippen LogP contribution in [0.5, 0.6) is 0 Å². The Morgan fingerprint density at radius 2 is 2.05 bits per heavy atom. The highest BCUT2D eigenvalue weighted by atomic mass is 35.5. The highest BCUT2D eigenvalue weighted by Crippen LogP contribution is 2.31. The number of hydrogen-bond acceptors (Lipinski definition) is 3. The summed E-state index contributed by atoms with van der Waals surface area (Å²) in [5, 5.41) is 0.218. The fourth-order valence-corrected chi connectivity index (χ4v) is 2.42. The number of oxazole rings is 1. The van der Waals surface area contributed by atoms with Gasteiger partial charge < -0.3 is 10.2 Å². The maximum atomic E-state index is 13.3. The molecular weight excluding hydrogens is 279 g/mol. The first kappa shape index (κ1) is 13.1. The Morgan fingerprint density at radius 3 is 2.85 bits per heavy atom. The van der Waals surface area contributed by atoms with Gasteiger partial charge in [0.05, 0.1) is 5.02 Å². The lowest BCUT2D eigenvalue weighted by Gasteiger charge is -2.04. The lowest BCUT2D eigenvalue weighted by molar-refractivity contribution is 0.613. The van der Waals surface area contributed by atoms with Crippen LogP contribution in [0.15, 0.2) is 40.8 Å². The highest BCUT2D eigenvalue weighted by molar-refractivity contribution is 6.34. The van der Waals surface area contributed by atoms with Gasteiger partial charge in [0.25, 0.3) is 0 Å². The van der Waals surface area contributed by atoms with Crippen molar-refractivity contribution in [3.63, 3.8) is 0 Å². The van der Waals surface area contributed by atoms with Crippen LogP contribution in [0.2, 0.25) is 5.02 Å². The second kappa shape index (κ2) is 5.23. The minimum absolute atomic E-state index is 0.218. The zero-order valence-electron chi connectivity index (χ0n) is 10.6. The number of halogens is 2. The summed E-state index contributed by atoms with van der Waals surface area (Å²) in [6.45, 7) is 0.534. The zero-order chi connectivity index (χ0) is 14.1. The molecule has 0 atom stereocenters. The molecule has 0 amide bonds. The third kappa shape index (κ3) is 2.28. The number of hydrogen-bond donors (Lipinski definition) is 1. The SMILES string of the molecule is NCCc1ccccc1-c1nc2cc(F)cc(Cl)c2o1. The smallest absolute Gasteiger partial charge is 0.227 e. The monoisotopic (exact) mass is 290 g/mol. The summed E-state index contributed by atoms with van der Waals surface area (Å²) in [6, 6.07) is 10.2. The van der Waals surface area contributed by atoms with Crippen molar-refractivity contribution in [1.29, 1.82) is 0 Å². The van der Waals surface area contributed by atoms with Crippen LogP contribution in [-0.4, -0.2) is 11.5 Å². The maximum absolute atomic E-state index is 13.3. The van der Waals surface area contributed by atoms with E-state index in [1.165, 1.54) is 12.1 Å². The van der Waals surface area contributed by atoms with Crippen LogP contribution >= 0.6 is 11.6 Å².